The molecule has 0 aliphatic rings. The number of benzene rings is 2. The SMILES string of the molecule is CC(C)[C@@H](NC(=O)c1cccc([N+](=O)[O-])c1)c1nc(SCC(=O)Nc2nc(-c3ccc(Br)cc3)cs2)n[nH]1. The Morgan fingerprint density at radius 2 is 1.95 bits per heavy atom. The number of non-ortho nitro benzene ring substituents is 1. The Balaban J connectivity index is 1.34. The molecule has 0 aliphatic heterocycles. The van der Waals surface area contributed by atoms with Gasteiger partial charge >= 0.3 is 0 Å². The standard InChI is InChI=1S/C24H22BrN7O4S2/c1-13(2)20(28-22(34)15-4-3-5-17(10-15)32(35)36)21-29-24(31-30-21)38-12-19(33)27-23-26-18(11-37-23)14-6-8-16(25)9-7-14/h3-11,13,20H,12H2,1-2H3,(H,28,34)(H,26,27,33)(H,29,30,31)/t20-/m1/s1. The van der Waals surface area contributed by atoms with Crippen LogP contribution < -0.4 is 10.6 Å². The number of carbonyl (C=O) groups excluding carboxylic acids is 2. The van der Waals surface area contributed by atoms with Crippen LogP contribution in [-0.2, 0) is 4.79 Å². The molecule has 38 heavy (non-hydrogen) atoms. The van der Waals surface area contributed by atoms with Crippen molar-refractivity contribution in [2.75, 3.05) is 11.1 Å². The first-order valence-electron chi connectivity index (χ1n) is 11.3. The van der Waals surface area contributed by atoms with Crippen molar-refractivity contribution in [2.24, 2.45) is 5.92 Å². The van der Waals surface area contributed by atoms with Gasteiger partial charge in [-0.15, -0.1) is 16.4 Å². The van der Waals surface area contributed by atoms with Gasteiger partial charge < -0.3 is 10.6 Å². The molecule has 0 fully saturated rings. The first-order chi connectivity index (χ1) is 18.2. The lowest BCUT2D eigenvalue weighted by atomic mass is 10.0. The maximum Gasteiger partial charge on any atom is 0.270 e. The zero-order valence-corrected chi connectivity index (χ0v) is 23.4. The van der Waals surface area contributed by atoms with Crippen LogP contribution in [0.25, 0.3) is 11.3 Å². The largest absolute Gasteiger partial charge is 0.342 e. The molecule has 2 amide bonds. The summed E-state index contributed by atoms with van der Waals surface area (Å²) in [5.41, 5.74) is 1.72. The summed E-state index contributed by atoms with van der Waals surface area (Å²) in [7, 11) is 0. The van der Waals surface area contributed by atoms with E-state index in [1.165, 1.54) is 35.6 Å². The minimum absolute atomic E-state index is 0.0587. The number of aromatic amines is 1. The zero-order chi connectivity index (χ0) is 27.2. The average Bonchev–Trinajstić information content (AvgIpc) is 3.56. The Bertz CT molecular complexity index is 1460. The Hall–Kier alpha value is -3.62. The van der Waals surface area contributed by atoms with Crippen LogP contribution >= 0.6 is 39.0 Å². The predicted octanol–water partition coefficient (Wildman–Crippen LogP) is 5.46. The quantitative estimate of drug-likeness (QED) is 0.121. The van der Waals surface area contributed by atoms with Gasteiger partial charge in [-0.3, -0.25) is 24.8 Å². The molecule has 11 nitrogen and oxygen atoms in total. The summed E-state index contributed by atoms with van der Waals surface area (Å²) in [6.45, 7) is 3.80. The van der Waals surface area contributed by atoms with Gasteiger partial charge in [0.15, 0.2) is 5.13 Å². The van der Waals surface area contributed by atoms with Crippen LogP contribution in [-0.4, -0.2) is 42.7 Å². The molecule has 2 aromatic carbocycles. The number of nitro benzene ring substituents is 1. The Labute approximate surface area is 234 Å². The van der Waals surface area contributed by atoms with Crippen LogP contribution in [0.5, 0.6) is 0 Å². The minimum Gasteiger partial charge on any atom is -0.342 e. The lowest BCUT2D eigenvalue weighted by Crippen LogP contribution is -2.32. The van der Waals surface area contributed by atoms with Gasteiger partial charge in [0.2, 0.25) is 11.1 Å². The summed E-state index contributed by atoms with van der Waals surface area (Å²) < 4.78 is 0.974. The fourth-order valence-electron chi connectivity index (χ4n) is 3.37. The maximum atomic E-state index is 12.7. The van der Waals surface area contributed by atoms with E-state index in [9.17, 15) is 19.7 Å². The second-order valence-corrected chi connectivity index (χ2v) is 11.1. The molecule has 2 heterocycles. The van der Waals surface area contributed by atoms with Crippen molar-refractivity contribution in [3.63, 3.8) is 0 Å². The Kier molecular flexibility index (Phi) is 8.86. The molecule has 196 valence electrons. The van der Waals surface area contributed by atoms with Crippen molar-refractivity contribution in [2.45, 2.75) is 25.0 Å². The lowest BCUT2D eigenvalue weighted by Gasteiger charge is -2.19. The molecule has 14 heteroatoms. The van der Waals surface area contributed by atoms with Gasteiger partial charge in [0.05, 0.1) is 22.4 Å². The topological polar surface area (TPSA) is 156 Å². The van der Waals surface area contributed by atoms with E-state index >= 15 is 0 Å². The number of amides is 2. The van der Waals surface area contributed by atoms with Crippen molar-refractivity contribution in [1.82, 2.24) is 25.5 Å². The van der Waals surface area contributed by atoms with Crippen LogP contribution in [0.4, 0.5) is 10.8 Å². The van der Waals surface area contributed by atoms with E-state index in [4.69, 9.17) is 0 Å². The van der Waals surface area contributed by atoms with Gasteiger partial charge in [-0.1, -0.05) is 59.7 Å². The molecule has 2 aromatic heterocycles. The summed E-state index contributed by atoms with van der Waals surface area (Å²) in [4.78, 5) is 44.6. The molecule has 0 spiro atoms. The van der Waals surface area contributed by atoms with Crippen LogP contribution in [0.15, 0.2) is 63.5 Å². The summed E-state index contributed by atoms with van der Waals surface area (Å²) in [6.07, 6.45) is 0. The van der Waals surface area contributed by atoms with Crippen molar-refractivity contribution in [3.05, 3.63) is 79.9 Å². The van der Waals surface area contributed by atoms with Gasteiger partial charge in [-0.2, -0.15) is 0 Å². The van der Waals surface area contributed by atoms with E-state index in [0.717, 1.165) is 27.5 Å². The number of H-pyrrole nitrogens is 1. The molecule has 0 bridgehead atoms. The number of carbonyl (C=O) groups is 2. The monoisotopic (exact) mass is 615 g/mol. The highest BCUT2D eigenvalue weighted by atomic mass is 79.9. The van der Waals surface area contributed by atoms with E-state index in [1.54, 1.807) is 0 Å². The highest BCUT2D eigenvalue weighted by Gasteiger charge is 2.24. The number of nitro groups is 1. The third-order valence-electron chi connectivity index (χ3n) is 5.27. The molecule has 0 aliphatic carbocycles. The zero-order valence-electron chi connectivity index (χ0n) is 20.2. The Morgan fingerprint density at radius 3 is 2.66 bits per heavy atom. The van der Waals surface area contributed by atoms with Gasteiger partial charge in [0, 0.05) is 33.1 Å². The number of thiazole rings is 1. The van der Waals surface area contributed by atoms with E-state index in [-0.39, 0.29) is 28.8 Å². The number of hydrogen-bond acceptors (Lipinski definition) is 9. The molecular weight excluding hydrogens is 594 g/mol. The van der Waals surface area contributed by atoms with Gasteiger partial charge in [0.25, 0.3) is 11.6 Å². The van der Waals surface area contributed by atoms with E-state index < -0.39 is 16.9 Å². The first kappa shape index (κ1) is 27.4. The highest BCUT2D eigenvalue weighted by Crippen LogP contribution is 2.27. The second kappa shape index (κ2) is 12.3. The van der Waals surface area contributed by atoms with E-state index in [2.05, 4.69) is 46.7 Å². The minimum atomic E-state index is -0.553. The molecule has 4 rings (SSSR count). The summed E-state index contributed by atoms with van der Waals surface area (Å²) >= 11 is 5.89. The average molecular weight is 617 g/mol. The van der Waals surface area contributed by atoms with E-state index in [0.29, 0.717) is 16.1 Å². The predicted molar refractivity (Wildman–Crippen MR) is 149 cm³/mol. The molecule has 3 N–H and O–H groups in total. The molecular formula is C24H22BrN7O4S2. The molecule has 1 atom stereocenters. The smallest absolute Gasteiger partial charge is 0.270 e. The van der Waals surface area contributed by atoms with Crippen LogP contribution in [0.3, 0.4) is 0 Å². The van der Waals surface area contributed by atoms with Crippen LogP contribution in [0, 0.1) is 16.0 Å². The van der Waals surface area contributed by atoms with Crippen LogP contribution in [0.2, 0.25) is 0 Å². The van der Waals surface area contributed by atoms with Crippen LogP contribution in [0.1, 0.15) is 36.1 Å². The number of nitrogens with zero attached hydrogens (tertiary/aromatic N) is 4. The molecule has 0 saturated carbocycles. The van der Waals surface area contributed by atoms with Crippen molar-refractivity contribution in [3.8, 4) is 11.3 Å². The summed E-state index contributed by atoms with van der Waals surface area (Å²) in [5, 5.41) is 26.4. The van der Waals surface area contributed by atoms with Gasteiger partial charge in [0.1, 0.15) is 5.82 Å². The lowest BCUT2D eigenvalue weighted by molar-refractivity contribution is -0.384. The fourth-order valence-corrected chi connectivity index (χ4v) is 4.97. The molecule has 0 saturated heterocycles. The third kappa shape index (κ3) is 7.02. The van der Waals surface area contributed by atoms with Crippen molar-refractivity contribution < 1.29 is 14.5 Å². The maximum absolute atomic E-state index is 12.7. The molecule has 0 radical (unpaired) electrons. The number of aromatic nitrogens is 4. The first-order valence-corrected chi connectivity index (χ1v) is 14.0. The third-order valence-corrected chi connectivity index (χ3v) is 7.41. The number of rotatable bonds is 10. The number of hydrogen-bond donors (Lipinski definition) is 3. The summed E-state index contributed by atoms with van der Waals surface area (Å²) in [5.74, 6) is -0.297. The molecule has 4 aromatic rings. The summed E-state index contributed by atoms with van der Waals surface area (Å²) in [6, 6.07) is 12.7. The number of halogens is 1. The number of nitrogens with one attached hydrogen (secondary N) is 3. The van der Waals surface area contributed by atoms with Crippen molar-refractivity contribution in [1.29, 1.82) is 0 Å². The number of anilines is 1. The van der Waals surface area contributed by atoms with Crippen molar-refractivity contribution >= 4 is 61.7 Å². The fraction of sp³-hybridized carbons (Fsp3) is 0.208. The second-order valence-electron chi connectivity index (χ2n) is 8.39. The van der Waals surface area contributed by atoms with Gasteiger partial charge in [-0.05, 0) is 24.1 Å². The number of thioether (sulfide) groups is 1. The van der Waals surface area contributed by atoms with E-state index in [1.807, 2.05) is 43.5 Å². The Morgan fingerprint density at radius 1 is 1.18 bits per heavy atom. The normalized spacial score (nSPS) is 11.8. The molecule has 0 unspecified atom stereocenters. The highest BCUT2D eigenvalue weighted by molar-refractivity contribution is 9.10. The van der Waals surface area contributed by atoms with Gasteiger partial charge in [-0.25, -0.2) is 9.97 Å².